The van der Waals surface area contributed by atoms with Crippen molar-refractivity contribution in [2.24, 2.45) is 16.3 Å². The van der Waals surface area contributed by atoms with Gasteiger partial charge in [0.1, 0.15) is 0 Å². The minimum atomic E-state index is 0.248. The van der Waals surface area contributed by atoms with E-state index < -0.39 is 0 Å². The minimum absolute atomic E-state index is 0.248. The number of aliphatic imine (C=N–C) groups is 1. The fourth-order valence-corrected chi connectivity index (χ4v) is 2.05. The highest BCUT2D eigenvalue weighted by atomic mass is 32.2. The molecule has 0 heterocycles. The van der Waals surface area contributed by atoms with Gasteiger partial charge in [-0.05, 0) is 17.8 Å². The SMILES string of the molecule is CCC(=N/C=C\C(C)C(C)(C)C)SC(C)(C)C. The monoisotopic (exact) mass is 255 g/mol. The predicted molar refractivity (Wildman–Crippen MR) is 82.8 cm³/mol. The third-order valence-electron chi connectivity index (χ3n) is 2.69. The molecule has 0 N–H and O–H groups in total. The maximum absolute atomic E-state index is 4.58. The molecule has 0 fully saturated rings. The second-order valence-corrected chi connectivity index (χ2v) is 8.49. The lowest BCUT2D eigenvalue weighted by Crippen LogP contribution is -2.14. The van der Waals surface area contributed by atoms with Crippen LogP contribution in [0.1, 0.15) is 61.8 Å². The Balaban J connectivity index is 4.52. The molecule has 1 atom stereocenters. The molecule has 0 aliphatic rings. The third kappa shape index (κ3) is 8.48. The Morgan fingerprint density at radius 1 is 1.18 bits per heavy atom. The molecule has 0 aliphatic heterocycles. The maximum Gasteiger partial charge on any atom is 0.0733 e. The van der Waals surface area contributed by atoms with Crippen molar-refractivity contribution in [1.29, 1.82) is 0 Å². The Morgan fingerprint density at radius 2 is 1.71 bits per heavy atom. The molecule has 0 bridgehead atoms. The summed E-state index contributed by atoms with van der Waals surface area (Å²) in [4.78, 5) is 4.58. The summed E-state index contributed by atoms with van der Waals surface area (Å²) in [6.45, 7) is 17.9. The fourth-order valence-electron chi connectivity index (χ4n) is 1.09. The Hall–Kier alpha value is -0.240. The molecule has 1 unspecified atom stereocenters. The van der Waals surface area contributed by atoms with Crippen LogP contribution in [0, 0.1) is 11.3 Å². The normalized spacial score (nSPS) is 16.6. The van der Waals surface area contributed by atoms with Gasteiger partial charge in [-0.1, -0.05) is 61.5 Å². The van der Waals surface area contributed by atoms with Gasteiger partial charge in [0.25, 0.3) is 0 Å². The number of thioether (sulfide) groups is 1. The maximum atomic E-state index is 4.58. The van der Waals surface area contributed by atoms with Gasteiger partial charge in [0.15, 0.2) is 0 Å². The Bertz CT molecular complexity index is 276. The average molecular weight is 255 g/mol. The molecule has 0 rings (SSSR count). The summed E-state index contributed by atoms with van der Waals surface area (Å²) >= 11 is 1.86. The summed E-state index contributed by atoms with van der Waals surface area (Å²) in [5.41, 5.74) is 0.315. The van der Waals surface area contributed by atoms with Crippen molar-refractivity contribution in [3.63, 3.8) is 0 Å². The van der Waals surface area contributed by atoms with Gasteiger partial charge < -0.3 is 0 Å². The lowest BCUT2D eigenvalue weighted by molar-refractivity contribution is 0.314. The van der Waals surface area contributed by atoms with E-state index in [4.69, 9.17) is 0 Å². The van der Waals surface area contributed by atoms with E-state index in [9.17, 15) is 0 Å². The van der Waals surface area contributed by atoms with E-state index in [0.717, 1.165) is 6.42 Å². The topological polar surface area (TPSA) is 12.4 Å². The molecule has 0 radical (unpaired) electrons. The summed E-state index contributed by atoms with van der Waals surface area (Å²) in [5.74, 6) is 0.545. The van der Waals surface area contributed by atoms with Crippen LogP contribution in [-0.4, -0.2) is 9.79 Å². The van der Waals surface area contributed by atoms with Crippen LogP contribution in [0.4, 0.5) is 0 Å². The van der Waals surface area contributed by atoms with Crippen LogP contribution in [0.2, 0.25) is 0 Å². The van der Waals surface area contributed by atoms with Crippen LogP contribution in [-0.2, 0) is 0 Å². The van der Waals surface area contributed by atoms with Crippen LogP contribution in [0.15, 0.2) is 17.3 Å². The standard InChI is InChI=1S/C15H29NS/c1-9-13(17-15(6,7)8)16-11-10-12(2)14(3,4)5/h10-12H,9H2,1-8H3/b11-10-,16-13?. The van der Waals surface area contributed by atoms with Gasteiger partial charge in [-0.2, -0.15) is 0 Å². The minimum Gasteiger partial charge on any atom is -0.255 e. The molecule has 0 spiro atoms. The molecule has 100 valence electrons. The zero-order valence-electron chi connectivity index (χ0n) is 12.8. The molecule has 17 heavy (non-hydrogen) atoms. The van der Waals surface area contributed by atoms with Gasteiger partial charge in [-0.25, -0.2) is 0 Å². The van der Waals surface area contributed by atoms with Gasteiger partial charge in [0.2, 0.25) is 0 Å². The molecule has 0 saturated carbocycles. The molecule has 0 aromatic heterocycles. The van der Waals surface area contributed by atoms with Crippen LogP contribution in [0.25, 0.3) is 0 Å². The van der Waals surface area contributed by atoms with Crippen LogP contribution >= 0.6 is 11.8 Å². The van der Waals surface area contributed by atoms with Crippen molar-refractivity contribution in [1.82, 2.24) is 0 Å². The molecular weight excluding hydrogens is 226 g/mol. The van der Waals surface area contributed by atoms with E-state index in [2.05, 4.69) is 66.5 Å². The van der Waals surface area contributed by atoms with Gasteiger partial charge >= 0.3 is 0 Å². The molecule has 1 nitrogen and oxygen atoms in total. The number of allylic oxidation sites excluding steroid dienone is 1. The average Bonchev–Trinajstić information content (AvgIpc) is 2.12. The van der Waals surface area contributed by atoms with Gasteiger partial charge in [0.05, 0.1) is 5.04 Å². The van der Waals surface area contributed by atoms with Crippen molar-refractivity contribution >= 4 is 16.8 Å². The van der Waals surface area contributed by atoms with Gasteiger partial charge in [-0.3, -0.25) is 4.99 Å². The second kappa shape index (κ2) is 6.63. The molecule has 0 amide bonds. The quantitative estimate of drug-likeness (QED) is 0.477. The first-order chi connectivity index (χ1) is 7.56. The summed E-state index contributed by atoms with van der Waals surface area (Å²) in [6.07, 6.45) is 5.20. The number of nitrogens with zero attached hydrogens (tertiary/aromatic N) is 1. The highest BCUT2D eigenvalue weighted by Crippen LogP contribution is 2.28. The third-order valence-corrected chi connectivity index (χ3v) is 3.93. The summed E-state index contributed by atoms with van der Waals surface area (Å²) in [6, 6.07) is 0. The number of rotatable bonds is 3. The first kappa shape index (κ1) is 16.8. The molecular formula is C15H29NS. The smallest absolute Gasteiger partial charge is 0.0733 e. The lowest BCUT2D eigenvalue weighted by atomic mass is 9.82. The Labute approximate surface area is 112 Å². The number of hydrogen-bond donors (Lipinski definition) is 0. The van der Waals surface area contributed by atoms with E-state index in [1.54, 1.807) is 0 Å². The summed E-state index contributed by atoms with van der Waals surface area (Å²) in [7, 11) is 0. The highest BCUT2D eigenvalue weighted by Gasteiger charge is 2.17. The van der Waals surface area contributed by atoms with Crippen molar-refractivity contribution in [2.45, 2.75) is 66.6 Å². The zero-order chi connectivity index (χ0) is 13.7. The van der Waals surface area contributed by atoms with Gasteiger partial charge in [0, 0.05) is 10.9 Å². The Morgan fingerprint density at radius 3 is 2.06 bits per heavy atom. The van der Waals surface area contributed by atoms with Crippen molar-refractivity contribution < 1.29 is 0 Å². The van der Waals surface area contributed by atoms with Crippen LogP contribution in [0.3, 0.4) is 0 Å². The lowest BCUT2D eigenvalue weighted by Gasteiger charge is -2.23. The van der Waals surface area contributed by atoms with Crippen molar-refractivity contribution in [3.8, 4) is 0 Å². The van der Waals surface area contributed by atoms with Crippen molar-refractivity contribution in [2.75, 3.05) is 0 Å². The summed E-state index contributed by atoms with van der Waals surface area (Å²) < 4.78 is 0.248. The van der Waals surface area contributed by atoms with Crippen LogP contribution in [0.5, 0.6) is 0 Å². The highest BCUT2D eigenvalue weighted by molar-refractivity contribution is 8.15. The van der Waals surface area contributed by atoms with Crippen molar-refractivity contribution in [3.05, 3.63) is 12.3 Å². The number of hydrogen-bond acceptors (Lipinski definition) is 2. The predicted octanol–water partition coefficient (Wildman–Crippen LogP) is 5.52. The Kier molecular flexibility index (Phi) is 6.53. The second-order valence-electron chi connectivity index (χ2n) is 6.59. The summed E-state index contributed by atoms with van der Waals surface area (Å²) in [5, 5.41) is 1.22. The van der Waals surface area contributed by atoms with E-state index in [-0.39, 0.29) is 4.75 Å². The molecule has 0 aliphatic carbocycles. The fraction of sp³-hybridized carbons (Fsp3) is 0.800. The van der Waals surface area contributed by atoms with Gasteiger partial charge in [-0.15, -0.1) is 11.8 Å². The van der Waals surface area contributed by atoms with E-state index in [0.29, 0.717) is 11.3 Å². The van der Waals surface area contributed by atoms with Crippen LogP contribution < -0.4 is 0 Å². The molecule has 0 aromatic rings. The van der Waals surface area contributed by atoms with E-state index in [1.165, 1.54) is 5.04 Å². The first-order valence-corrected chi connectivity index (χ1v) is 7.30. The van der Waals surface area contributed by atoms with E-state index in [1.807, 2.05) is 18.0 Å². The largest absolute Gasteiger partial charge is 0.255 e. The molecule has 0 aromatic carbocycles. The molecule has 2 heteroatoms. The molecule has 0 saturated heterocycles. The first-order valence-electron chi connectivity index (χ1n) is 6.48. The zero-order valence-corrected chi connectivity index (χ0v) is 13.6. The van der Waals surface area contributed by atoms with E-state index >= 15 is 0 Å².